The van der Waals surface area contributed by atoms with Gasteiger partial charge in [-0.25, -0.2) is 26.4 Å². The van der Waals surface area contributed by atoms with E-state index in [4.69, 9.17) is 5.11 Å². The highest BCUT2D eigenvalue weighted by Crippen LogP contribution is 2.26. The Kier molecular flexibility index (Phi) is 5.16. The maximum absolute atomic E-state index is 13.9. The summed E-state index contributed by atoms with van der Waals surface area (Å²) < 4.78 is 62.5. The summed E-state index contributed by atoms with van der Waals surface area (Å²) in [4.78, 5) is 9.83. The van der Waals surface area contributed by atoms with Gasteiger partial charge in [-0.15, -0.1) is 0 Å². The van der Waals surface area contributed by atoms with E-state index in [0.29, 0.717) is 0 Å². The van der Waals surface area contributed by atoms with Gasteiger partial charge in [0.2, 0.25) is 10.0 Å². The van der Waals surface area contributed by atoms with E-state index in [-0.39, 0.29) is 8.78 Å². The summed E-state index contributed by atoms with van der Waals surface area (Å²) >= 11 is 2.85. The summed E-state index contributed by atoms with van der Waals surface area (Å²) in [6.07, 6.45) is -2.94. The average Bonchev–Trinajstić information content (AvgIpc) is 2.30. The predicted molar refractivity (Wildman–Crippen MR) is 66.9 cm³/mol. The third-order valence-corrected chi connectivity index (χ3v) is 4.60. The van der Waals surface area contributed by atoms with Crippen molar-refractivity contribution in [3.05, 3.63) is 28.0 Å². The Hall–Kier alpha value is -1.13. The average molecular weight is 376 g/mol. The smallest absolute Gasteiger partial charge is 0.338 e. The molecule has 0 aliphatic heterocycles. The van der Waals surface area contributed by atoms with Crippen LogP contribution < -0.4 is 0 Å². The molecule has 1 N–H and O–H groups in total. The number of nitrogens with zero attached hydrogens (tertiary/aromatic N) is 1. The molecular weight excluding hydrogens is 367 g/mol. The van der Waals surface area contributed by atoms with Crippen molar-refractivity contribution in [1.29, 1.82) is 0 Å². The van der Waals surface area contributed by atoms with E-state index < -0.39 is 45.2 Å². The van der Waals surface area contributed by atoms with Crippen LogP contribution in [0.1, 0.15) is 10.4 Å². The van der Waals surface area contributed by atoms with Gasteiger partial charge < -0.3 is 5.11 Å². The van der Waals surface area contributed by atoms with Crippen LogP contribution in [0.4, 0.5) is 13.2 Å². The van der Waals surface area contributed by atoms with Gasteiger partial charge in [-0.2, -0.15) is 4.31 Å². The van der Waals surface area contributed by atoms with Crippen LogP contribution in [-0.4, -0.2) is 43.8 Å². The third kappa shape index (κ3) is 3.49. The quantitative estimate of drug-likeness (QED) is 0.855. The molecule has 0 aliphatic rings. The maximum Gasteiger partial charge on any atom is 0.338 e. The number of hydrogen-bond acceptors (Lipinski definition) is 3. The predicted octanol–water partition coefficient (Wildman–Crippen LogP) is 2.17. The van der Waals surface area contributed by atoms with E-state index in [1.165, 1.54) is 0 Å². The first-order valence-corrected chi connectivity index (χ1v) is 7.27. The summed E-state index contributed by atoms with van der Waals surface area (Å²) in [5.74, 6) is -3.17. The molecule has 0 radical (unpaired) electrons. The first kappa shape index (κ1) is 16.9. The molecule has 0 unspecified atom stereocenters. The Morgan fingerprint density at radius 1 is 1.45 bits per heavy atom. The number of alkyl halides is 2. The van der Waals surface area contributed by atoms with Crippen LogP contribution in [0.2, 0.25) is 0 Å². The Morgan fingerprint density at radius 2 is 2.00 bits per heavy atom. The lowest BCUT2D eigenvalue weighted by molar-refractivity contribution is 0.0691. The molecule has 0 aliphatic carbocycles. The molecule has 20 heavy (non-hydrogen) atoms. The summed E-state index contributed by atoms with van der Waals surface area (Å²) in [5.41, 5.74) is -0.872. The van der Waals surface area contributed by atoms with Gasteiger partial charge in [-0.05, 0) is 12.1 Å². The highest BCUT2D eigenvalue weighted by Gasteiger charge is 2.29. The second kappa shape index (κ2) is 6.10. The molecule has 0 aromatic heterocycles. The van der Waals surface area contributed by atoms with E-state index in [0.717, 1.165) is 19.2 Å². The number of benzene rings is 1. The number of hydrogen-bond donors (Lipinski definition) is 1. The van der Waals surface area contributed by atoms with E-state index in [2.05, 4.69) is 15.9 Å². The highest BCUT2D eigenvalue weighted by molar-refractivity contribution is 9.10. The Labute approximate surface area is 121 Å². The summed E-state index contributed by atoms with van der Waals surface area (Å²) in [6.45, 7) is -1.13. The molecule has 112 valence electrons. The molecule has 0 bridgehead atoms. The van der Waals surface area contributed by atoms with E-state index in [9.17, 15) is 26.4 Å². The molecule has 0 spiro atoms. The van der Waals surface area contributed by atoms with Crippen LogP contribution >= 0.6 is 15.9 Å². The lowest BCUT2D eigenvalue weighted by Gasteiger charge is -2.17. The van der Waals surface area contributed by atoms with Gasteiger partial charge in [0.25, 0.3) is 6.43 Å². The number of carboxylic acid groups (broad SMARTS) is 1. The van der Waals surface area contributed by atoms with E-state index >= 15 is 0 Å². The molecule has 1 aromatic carbocycles. The number of carbonyl (C=O) groups is 1. The third-order valence-electron chi connectivity index (χ3n) is 2.32. The van der Waals surface area contributed by atoms with Crippen LogP contribution in [0.5, 0.6) is 0 Å². The number of carboxylic acids is 1. The fourth-order valence-electron chi connectivity index (χ4n) is 1.37. The first-order chi connectivity index (χ1) is 9.07. The van der Waals surface area contributed by atoms with E-state index in [1.54, 1.807) is 0 Å². The largest absolute Gasteiger partial charge is 0.478 e. The van der Waals surface area contributed by atoms with Crippen LogP contribution in [-0.2, 0) is 10.0 Å². The van der Waals surface area contributed by atoms with Crippen LogP contribution in [0, 0.1) is 5.82 Å². The molecule has 0 saturated carbocycles. The van der Waals surface area contributed by atoms with Crippen molar-refractivity contribution in [2.24, 2.45) is 0 Å². The zero-order valence-electron chi connectivity index (χ0n) is 9.98. The summed E-state index contributed by atoms with van der Waals surface area (Å²) in [7, 11) is -3.71. The minimum absolute atomic E-state index is 0.000298. The van der Waals surface area contributed by atoms with Crippen LogP contribution in [0.25, 0.3) is 0 Å². The van der Waals surface area contributed by atoms with Gasteiger partial charge in [0.05, 0.1) is 12.1 Å². The Balaban J connectivity index is 3.43. The number of aromatic carboxylic acids is 1. The molecule has 10 heteroatoms. The van der Waals surface area contributed by atoms with Gasteiger partial charge in [-0.3, -0.25) is 0 Å². The van der Waals surface area contributed by atoms with Gasteiger partial charge >= 0.3 is 5.97 Å². The fraction of sp³-hybridized carbons (Fsp3) is 0.300. The van der Waals surface area contributed by atoms with Crippen LogP contribution in [0.15, 0.2) is 21.5 Å². The lowest BCUT2D eigenvalue weighted by Crippen LogP contribution is -2.32. The standard InChI is InChI=1S/C10H9BrF3NO4S/c1-15(4-8(12)13)20(18,19)7-3-5(11)2-6(9(7)14)10(16)17/h2-3,8H,4H2,1H3,(H,16,17). The molecular formula is C10H9BrF3NO4S. The van der Waals surface area contributed by atoms with Crippen molar-refractivity contribution < 1.29 is 31.5 Å². The minimum Gasteiger partial charge on any atom is -0.478 e. The molecule has 0 saturated heterocycles. The monoisotopic (exact) mass is 375 g/mol. The second-order valence-electron chi connectivity index (χ2n) is 3.75. The van der Waals surface area contributed by atoms with Crippen molar-refractivity contribution in [3.63, 3.8) is 0 Å². The molecule has 1 rings (SSSR count). The van der Waals surface area contributed by atoms with Crippen molar-refractivity contribution >= 4 is 31.9 Å². The lowest BCUT2D eigenvalue weighted by atomic mass is 10.2. The number of sulfonamides is 1. The Morgan fingerprint density at radius 3 is 2.45 bits per heavy atom. The Bertz CT molecular complexity index is 636. The van der Waals surface area contributed by atoms with Gasteiger partial charge in [0, 0.05) is 11.5 Å². The van der Waals surface area contributed by atoms with E-state index in [1.807, 2.05) is 0 Å². The van der Waals surface area contributed by atoms with Crippen LogP contribution in [0.3, 0.4) is 0 Å². The molecule has 0 amide bonds. The van der Waals surface area contributed by atoms with Crippen molar-refractivity contribution in [2.45, 2.75) is 11.3 Å². The molecule has 0 heterocycles. The zero-order chi connectivity index (χ0) is 15.7. The van der Waals surface area contributed by atoms with Crippen molar-refractivity contribution in [3.8, 4) is 0 Å². The van der Waals surface area contributed by atoms with Crippen molar-refractivity contribution in [1.82, 2.24) is 4.31 Å². The van der Waals surface area contributed by atoms with Crippen molar-refractivity contribution in [2.75, 3.05) is 13.6 Å². The summed E-state index contributed by atoms with van der Waals surface area (Å²) in [6, 6.07) is 1.70. The molecule has 1 aromatic rings. The summed E-state index contributed by atoms with van der Waals surface area (Å²) in [5, 5.41) is 8.78. The topological polar surface area (TPSA) is 74.7 Å². The normalized spacial score (nSPS) is 12.2. The fourth-order valence-corrected chi connectivity index (χ4v) is 3.23. The first-order valence-electron chi connectivity index (χ1n) is 5.04. The van der Waals surface area contributed by atoms with Gasteiger partial charge in [0.15, 0.2) is 5.82 Å². The minimum atomic E-state index is -4.56. The maximum atomic E-state index is 13.9. The van der Waals surface area contributed by atoms with Gasteiger partial charge in [-0.1, -0.05) is 15.9 Å². The zero-order valence-corrected chi connectivity index (χ0v) is 12.4. The highest BCUT2D eigenvalue weighted by atomic mass is 79.9. The second-order valence-corrected chi connectivity index (χ2v) is 6.68. The SMILES string of the molecule is CN(CC(F)F)S(=O)(=O)c1cc(Br)cc(C(=O)O)c1F. The molecule has 5 nitrogen and oxygen atoms in total. The van der Waals surface area contributed by atoms with Gasteiger partial charge in [0.1, 0.15) is 4.90 Å². The number of rotatable bonds is 5. The molecule has 0 atom stereocenters. The molecule has 0 fully saturated rings. The number of halogens is 4.